The van der Waals surface area contributed by atoms with Crippen LogP contribution in [0.2, 0.25) is 5.02 Å². The van der Waals surface area contributed by atoms with Gasteiger partial charge in [0.15, 0.2) is 5.65 Å². The molecule has 0 bridgehead atoms. The average molecular weight is 637 g/mol. The number of hydrogen-bond donors (Lipinski definition) is 2. The number of carbonyl (C=O) groups excluding carboxylic acids is 2. The molecule has 1 aliphatic rings. The SMILES string of the molecule is CC(C)Cc1ccc(C(=O)N[C@@H](Cc2ccc(-c3cn4cccc(Br)c4n3)cc2)CN2CCCCNC2=O)cc1Cl. The molecule has 1 saturated heterocycles. The summed E-state index contributed by atoms with van der Waals surface area (Å²) < 4.78 is 2.93. The van der Waals surface area contributed by atoms with Gasteiger partial charge >= 0.3 is 6.03 Å². The predicted octanol–water partition coefficient (Wildman–Crippen LogP) is 6.76. The lowest BCUT2D eigenvalue weighted by Crippen LogP contribution is -2.49. The minimum atomic E-state index is -0.280. The van der Waals surface area contributed by atoms with Gasteiger partial charge < -0.3 is 19.9 Å². The fraction of sp³-hybridized carbons (Fsp3) is 0.344. The molecule has 3 amide bonds. The summed E-state index contributed by atoms with van der Waals surface area (Å²) in [7, 11) is 0. The normalized spacial score (nSPS) is 14.7. The van der Waals surface area contributed by atoms with E-state index in [1.54, 1.807) is 11.0 Å². The van der Waals surface area contributed by atoms with E-state index in [0.717, 1.165) is 51.8 Å². The summed E-state index contributed by atoms with van der Waals surface area (Å²) in [5, 5.41) is 6.75. The van der Waals surface area contributed by atoms with Crippen molar-refractivity contribution in [2.75, 3.05) is 19.6 Å². The summed E-state index contributed by atoms with van der Waals surface area (Å²) in [6.45, 7) is 6.04. The van der Waals surface area contributed by atoms with Gasteiger partial charge in [-0.3, -0.25) is 4.79 Å². The smallest absolute Gasteiger partial charge is 0.317 e. The van der Waals surface area contributed by atoms with Gasteiger partial charge in [-0.2, -0.15) is 0 Å². The van der Waals surface area contributed by atoms with Crippen LogP contribution in [0.4, 0.5) is 4.79 Å². The standard InChI is InChI=1S/C32H35BrClN5O2/c1-21(2)16-24-11-12-25(18-28(24)34)31(40)36-26(19-39-14-4-3-13-35-32(39)41)17-22-7-9-23(10-8-22)29-20-38-15-5-6-27(33)30(38)37-29/h5-12,15,18,20-21,26H,3-4,13-14,16-17,19H2,1-2H3,(H,35,41)(H,36,40)/t26-/m0/s1. The molecule has 4 aromatic rings. The molecule has 9 heteroatoms. The topological polar surface area (TPSA) is 78.7 Å². The van der Waals surface area contributed by atoms with E-state index in [2.05, 4.69) is 64.7 Å². The monoisotopic (exact) mass is 635 g/mol. The van der Waals surface area contributed by atoms with Crippen molar-refractivity contribution in [2.24, 2.45) is 5.92 Å². The van der Waals surface area contributed by atoms with E-state index in [4.69, 9.17) is 16.6 Å². The summed E-state index contributed by atoms with van der Waals surface area (Å²) in [4.78, 5) is 32.6. The number of nitrogens with zero attached hydrogens (tertiary/aromatic N) is 3. The first kappa shape index (κ1) is 29.1. The maximum atomic E-state index is 13.4. The van der Waals surface area contributed by atoms with E-state index in [1.807, 2.05) is 41.1 Å². The van der Waals surface area contributed by atoms with Crippen LogP contribution in [-0.4, -0.2) is 51.9 Å². The molecule has 2 aromatic carbocycles. The summed E-state index contributed by atoms with van der Waals surface area (Å²) in [6.07, 6.45) is 7.29. The lowest BCUT2D eigenvalue weighted by molar-refractivity contribution is 0.0927. The van der Waals surface area contributed by atoms with Crippen LogP contribution in [0.25, 0.3) is 16.9 Å². The number of fused-ring (bicyclic) bond motifs is 1. The molecular formula is C32H35BrClN5O2. The fourth-order valence-electron chi connectivity index (χ4n) is 5.21. The lowest BCUT2D eigenvalue weighted by atomic mass is 10.0. The molecular weight excluding hydrogens is 602 g/mol. The molecule has 0 radical (unpaired) electrons. The lowest BCUT2D eigenvalue weighted by Gasteiger charge is -2.27. The van der Waals surface area contributed by atoms with Gasteiger partial charge in [0.1, 0.15) is 0 Å². The number of carbonyl (C=O) groups is 2. The molecule has 1 aliphatic heterocycles. The Bertz CT molecular complexity index is 1540. The highest BCUT2D eigenvalue weighted by molar-refractivity contribution is 9.10. The van der Waals surface area contributed by atoms with Crippen LogP contribution < -0.4 is 10.6 Å². The molecule has 0 saturated carbocycles. The van der Waals surface area contributed by atoms with Gasteiger partial charge in [-0.25, -0.2) is 9.78 Å². The second-order valence-electron chi connectivity index (χ2n) is 11.1. The Morgan fingerprint density at radius 2 is 1.93 bits per heavy atom. The summed E-state index contributed by atoms with van der Waals surface area (Å²) in [5.74, 6) is 0.271. The van der Waals surface area contributed by atoms with E-state index in [1.165, 1.54) is 0 Å². The van der Waals surface area contributed by atoms with E-state index < -0.39 is 0 Å². The highest BCUT2D eigenvalue weighted by atomic mass is 79.9. The molecule has 7 nitrogen and oxygen atoms in total. The fourth-order valence-corrected chi connectivity index (χ4v) is 5.92. The van der Waals surface area contributed by atoms with E-state index in [9.17, 15) is 9.59 Å². The number of imidazole rings is 1. The molecule has 0 unspecified atom stereocenters. The number of rotatable bonds is 9. The molecule has 0 aliphatic carbocycles. The summed E-state index contributed by atoms with van der Waals surface area (Å²) in [5.41, 5.74) is 5.36. The molecule has 2 aromatic heterocycles. The Hall–Kier alpha value is -3.36. The van der Waals surface area contributed by atoms with Crippen LogP contribution in [0.15, 0.2) is 71.5 Å². The average Bonchev–Trinajstić information content (AvgIpc) is 3.29. The predicted molar refractivity (Wildman–Crippen MR) is 167 cm³/mol. The van der Waals surface area contributed by atoms with Crippen molar-refractivity contribution < 1.29 is 9.59 Å². The number of hydrogen-bond acceptors (Lipinski definition) is 3. The number of nitrogens with one attached hydrogen (secondary N) is 2. The molecule has 2 N–H and O–H groups in total. The Balaban J connectivity index is 1.34. The van der Waals surface area contributed by atoms with Gasteiger partial charge in [0.25, 0.3) is 5.91 Å². The molecule has 5 rings (SSSR count). The first-order chi connectivity index (χ1) is 19.8. The highest BCUT2D eigenvalue weighted by Crippen LogP contribution is 2.25. The van der Waals surface area contributed by atoms with Gasteiger partial charge in [0, 0.05) is 48.2 Å². The van der Waals surface area contributed by atoms with Crippen molar-refractivity contribution in [2.45, 2.75) is 45.6 Å². The zero-order valence-electron chi connectivity index (χ0n) is 23.4. The van der Waals surface area contributed by atoms with Gasteiger partial charge in [-0.05, 0) is 82.9 Å². The van der Waals surface area contributed by atoms with E-state index >= 15 is 0 Å². The van der Waals surface area contributed by atoms with Crippen molar-refractivity contribution in [3.05, 3.63) is 93.2 Å². The van der Waals surface area contributed by atoms with E-state index in [-0.39, 0.29) is 18.0 Å². The van der Waals surface area contributed by atoms with Crippen molar-refractivity contribution in [1.82, 2.24) is 24.9 Å². The van der Waals surface area contributed by atoms with Gasteiger partial charge in [-0.1, -0.05) is 55.8 Å². The molecule has 0 spiro atoms. The van der Waals surface area contributed by atoms with Crippen molar-refractivity contribution in [3.8, 4) is 11.3 Å². The third-order valence-corrected chi connectivity index (χ3v) is 8.28. The van der Waals surface area contributed by atoms with Crippen molar-refractivity contribution >= 4 is 45.1 Å². The molecule has 41 heavy (non-hydrogen) atoms. The number of halogens is 2. The largest absolute Gasteiger partial charge is 0.347 e. The Morgan fingerprint density at radius 1 is 1.12 bits per heavy atom. The number of urea groups is 1. The summed E-state index contributed by atoms with van der Waals surface area (Å²) >= 11 is 10.1. The molecule has 1 fully saturated rings. The minimum Gasteiger partial charge on any atom is -0.347 e. The van der Waals surface area contributed by atoms with Crippen molar-refractivity contribution in [1.29, 1.82) is 0 Å². The highest BCUT2D eigenvalue weighted by Gasteiger charge is 2.23. The zero-order chi connectivity index (χ0) is 28.9. The molecule has 214 valence electrons. The van der Waals surface area contributed by atoms with Crippen LogP contribution in [0.3, 0.4) is 0 Å². The maximum Gasteiger partial charge on any atom is 0.317 e. The van der Waals surface area contributed by atoms with Crippen LogP contribution in [-0.2, 0) is 12.8 Å². The van der Waals surface area contributed by atoms with Crippen LogP contribution in [0.5, 0.6) is 0 Å². The minimum absolute atomic E-state index is 0.0869. The first-order valence-corrected chi connectivity index (χ1v) is 15.3. The number of benzene rings is 2. The van der Waals surface area contributed by atoms with Gasteiger partial charge in [0.2, 0.25) is 0 Å². The number of aromatic nitrogens is 2. The second kappa shape index (κ2) is 13.1. The Labute approximate surface area is 254 Å². The Morgan fingerprint density at radius 3 is 2.66 bits per heavy atom. The van der Waals surface area contributed by atoms with Crippen LogP contribution in [0, 0.1) is 5.92 Å². The summed E-state index contributed by atoms with van der Waals surface area (Å²) in [6, 6.07) is 17.3. The second-order valence-corrected chi connectivity index (χ2v) is 12.3. The molecule has 3 heterocycles. The van der Waals surface area contributed by atoms with Gasteiger partial charge in [-0.15, -0.1) is 0 Å². The third-order valence-electron chi connectivity index (χ3n) is 7.30. The van der Waals surface area contributed by atoms with Crippen LogP contribution in [0.1, 0.15) is 48.2 Å². The number of pyridine rings is 1. The quantitative estimate of drug-likeness (QED) is 0.213. The Kier molecular flexibility index (Phi) is 9.30. The first-order valence-electron chi connectivity index (χ1n) is 14.1. The van der Waals surface area contributed by atoms with Gasteiger partial charge in [0.05, 0.1) is 16.2 Å². The molecule has 1 atom stereocenters. The third kappa shape index (κ3) is 7.29. The van der Waals surface area contributed by atoms with E-state index in [0.29, 0.717) is 42.6 Å². The maximum absolute atomic E-state index is 13.4. The number of amides is 3. The van der Waals surface area contributed by atoms with Crippen molar-refractivity contribution in [3.63, 3.8) is 0 Å². The van der Waals surface area contributed by atoms with Crippen LogP contribution >= 0.6 is 27.5 Å². The zero-order valence-corrected chi connectivity index (χ0v) is 25.7.